The number of piperidine rings is 1. The van der Waals surface area contributed by atoms with Crippen molar-refractivity contribution in [2.45, 2.75) is 31.7 Å². The van der Waals surface area contributed by atoms with Crippen molar-refractivity contribution in [2.75, 3.05) is 44.6 Å². The quantitative estimate of drug-likeness (QED) is 0.434. The van der Waals surface area contributed by atoms with Crippen molar-refractivity contribution in [3.05, 3.63) is 75.5 Å². The smallest absolute Gasteiger partial charge is 0.251 e. The van der Waals surface area contributed by atoms with E-state index in [1.54, 1.807) is 6.07 Å². The van der Waals surface area contributed by atoms with Crippen LogP contribution in [-0.2, 0) is 6.42 Å². The number of hydrogen-bond acceptors (Lipinski definition) is 5. The van der Waals surface area contributed by atoms with Gasteiger partial charge >= 0.3 is 0 Å². The highest BCUT2D eigenvalue weighted by atomic mass is 35.5. The highest BCUT2D eigenvalue weighted by molar-refractivity contribution is 6.35. The minimum atomic E-state index is -0.0964. The lowest BCUT2D eigenvalue weighted by molar-refractivity contribution is 0.0954. The zero-order valence-corrected chi connectivity index (χ0v) is 20.9. The summed E-state index contributed by atoms with van der Waals surface area (Å²) in [5.41, 5.74) is 2.57. The molecule has 2 aliphatic heterocycles. The number of anilines is 1. The lowest BCUT2D eigenvalue weighted by Crippen LogP contribution is -2.45. The van der Waals surface area contributed by atoms with E-state index in [2.05, 4.69) is 32.2 Å². The highest BCUT2D eigenvalue weighted by Crippen LogP contribution is 2.21. The third-order valence-electron chi connectivity index (χ3n) is 6.28. The molecule has 4 N–H and O–H groups in total. The zero-order chi connectivity index (χ0) is 23.8. The summed E-state index contributed by atoms with van der Waals surface area (Å²) in [5, 5.41) is 14.8. The first kappa shape index (κ1) is 24.9. The molecule has 8 heteroatoms. The Balaban J connectivity index is 1.35. The summed E-state index contributed by atoms with van der Waals surface area (Å²) < 4.78 is 0. The van der Waals surface area contributed by atoms with Crippen molar-refractivity contribution in [2.24, 2.45) is 0 Å². The molecule has 0 bridgehead atoms. The number of carbonyl (C=O) groups is 1. The van der Waals surface area contributed by atoms with Crippen molar-refractivity contribution < 1.29 is 4.79 Å². The zero-order valence-electron chi connectivity index (χ0n) is 19.4. The summed E-state index contributed by atoms with van der Waals surface area (Å²) in [6, 6.07) is 13.5. The number of nitrogens with zero attached hydrogens (tertiary/aromatic N) is 1. The normalized spacial score (nSPS) is 19.1. The third-order valence-corrected chi connectivity index (χ3v) is 6.87. The molecule has 1 amide bonds. The summed E-state index contributed by atoms with van der Waals surface area (Å²) in [6.45, 7) is 5.50. The van der Waals surface area contributed by atoms with Crippen LogP contribution in [0.1, 0.15) is 35.2 Å². The molecule has 1 unspecified atom stereocenters. The fourth-order valence-electron chi connectivity index (χ4n) is 4.33. The van der Waals surface area contributed by atoms with Crippen LogP contribution in [0.4, 0.5) is 5.69 Å². The Morgan fingerprint density at radius 2 is 1.85 bits per heavy atom. The number of nitrogens with one attached hydrogen (secondary N) is 4. The molecule has 4 rings (SSSR count). The van der Waals surface area contributed by atoms with Gasteiger partial charge in [-0.1, -0.05) is 35.7 Å². The van der Waals surface area contributed by atoms with Crippen LogP contribution in [0, 0.1) is 0 Å². The second-order valence-corrected chi connectivity index (χ2v) is 9.63. The van der Waals surface area contributed by atoms with E-state index in [0.29, 0.717) is 34.6 Å². The van der Waals surface area contributed by atoms with Gasteiger partial charge < -0.3 is 26.2 Å². The molecule has 0 aliphatic carbocycles. The lowest BCUT2D eigenvalue weighted by atomic mass is 10.0. The van der Waals surface area contributed by atoms with Gasteiger partial charge in [0.05, 0.1) is 0 Å². The van der Waals surface area contributed by atoms with Crippen molar-refractivity contribution in [1.29, 1.82) is 0 Å². The highest BCUT2D eigenvalue weighted by Gasteiger charge is 2.17. The topological polar surface area (TPSA) is 68.4 Å². The minimum Gasteiger partial charge on any atom is -0.356 e. The number of piperazine rings is 1. The maximum atomic E-state index is 12.6. The molecule has 34 heavy (non-hydrogen) atoms. The van der Waals surface area contributed by atoms with Crippen molar-refractivity contribution >= 4 is 34.8 Å². The molecule has 182 valence electrons. The summed E-state index contributed by atoms with van der Waals surface area (Å²) >= 11 is 12.2. The van der Waals surface area contributed by atoms with Crippen molar-refractivity contribution in [3.63, 3.8) is 0 Å². The molecule has 2 aliphatic rings. The molecular weight excluding hydrogens is 469 g/mol. The standard InChI is InChI=1S/C26H33Cl2N5O/c27-21-7-4-19(24(28)17-21)10-12-31-26(34)20-5-8-22(9-6-20)32-25(33-15-13-29-14-16-33)18-23-3-1-2-11-30-23/h4-9,17-18,23,29-30,32H,1-3,10-16H2,(H,31,34). The van der Waals surface area contributed by atoms with Gasteiger partial charge in [0.1, 0.15) is 5.82 Å². The van der Waals surface area contributed by atoms with Gasteiger partial charge in [-0.15, -0.1) is 0 Å². The van der Waals surface area contributed by atoms with Crippen LogP contribution in [0.3, 0.4) is 0 Å². The summed E-state index contributed by atoms with van der Waals surface area (Å²) in [6.07, 6.45) is 6.65. The fourth-order valence-corrected chi connectivity index (χ4v) is 4.84. The number of rotatable bonds is 8. The molecule has 2 aromatic rings. The monoisotopic (exact) mass is 501 g/mol. The van der Waals surface area contributed by atoms with Crippen LogP contribution in [0.15, 0.2) is 54.4 Å². The SMILES string of the molecule is O=C(NCCc1ccc(Cl)cc1Cl)c1ccc(NC(=CC2CCCCN2)N2CCNCC2)cc1. The Hall–Kier alpha value is -2.25. The summed E-state index contributed by atoms with van der Waals surface area (Å²) in [7, 11) is 0. The van der Waals surface area contributed by atoms with Gasteiger partial charge in [-0.05, 0) is 73.8 Å². The van der Waals surface area contributed by atoms with E-state index < -0.39 is 0 Å². The predicted octanol–water partition coefficient (Wildman–Crippen LogP) is 4.27. The Bertz CT molecular complexity index is 983. The van der Waals surface area contributed by atoms with Crippen LogP contribution >= 0.6 is 23.2 Å². The maximum absolute atomic E-state index is 12.6. The Morgan fingerprint density at radius 1 is 1.06 bits per heavy atom. The second kappa shape index (κ2) is 12.5. The van der Waals surface area contributed by atoms with Gasteiger partial charge in [0.25, 0.3) is 5.91 Å². The van der Waals surface area contributed by atoms with E-state index in [1.165, 1.54) is 12.8 Å². The van der Waals surface area contributed by atoms with Crippen LogP contribution in [0.5, 0.6) is 0 Å². The van der Waals surface area contributed by atoms with E-state index in [9.17, 15) is 4.79 Å². The number of benzene rings is 2. The number of hydrogen-bond donors (Lipinski definition) is 4. The van der Waals surface area contributed by atoms with Crippen molar-refractivity contribution in [1.82, 2.24) is 20.9 Å². The van der Waals surface area contributed by atoms with E-state index >= 15 is 0 Å². The largest absolute Gasteiger partial charge is 0.356 e. The molecule has 0 radical (unpaired) electrons. The Morgan fingerprint density at radius 3 is 2.56 bits per heavy atom. The average Bonchev–Trinajstić information content (AvgIpc) is 2.86. The van der Waals surface area contributed by atoms with Crippen LogP contribution in [-0.4, -0.2) is 56.1 Å². The van der Waals surface area contributed by atoms with Gasteiger partial charge in [-0.2, -0.15) is 0 Å². The number of amides is 1. The molecule has 2 fully saturated rings. The molecule has 0 spiro atoms. The number of halogens is 2. The maximum Gasteiger partial charge on any atom is 0.251 e. The van der Waals surface area contributed by atoms with Crippen LogP contribution in [0.2, 0.25) is 10.0 Å². The molecule has 2 heterocycles. The summed E-state index contributed by atoms with van der Waals surface area (Å²) in [5.74, 6) is 1.04. The van der Waals surface area contributed by atoms with Gasteiger partial charge in [-0.25, -0.2) is 0 Å². The molecule has 1 atom stereocenters. The minimum absolute atomic E-state index is 0.0964. The first-order chi connectivity index (χ1) is 16.6. The van der Waals surface area contributed by atoms with Crippen LogP contribution < -0.4 is 21.3 Å². The molecule has 2 aromatic carbocycles. The Labute approximate surface area is 212 Å². The molecular formula is C26H33Cl2N5O. The number of carbonyl (C=O) groups excluding carboxylic acids is 1. The predicted molar refractivity (Wildman–Crippen MR) is 141 cm³/mol. The Kier molecular flexibility index (Phi) is 9.11. The second-order valence-electron chi connectivity index (χ2n) is 8.79. The average molecular weight is 502 g/mol. The fraction of sp³-hybridized carbons (Fsp3) is 0.423. The van der Waals surface area contributed by atoms with E-state index in [0.717, 1.165) is 56.2 Å². The van der Waals surface area contributed by atoms with E-state index in [-0.39, 0.29) is 5.91 Å². The van der Waals surface area contributed by atoms with Crippen molar-refractivity contribution in [3.8, 4) is 0 Å². The van der Waals surface area contributed by atoms with Gasteiger partial charge in [-0.3, -0.25) is 4.79 Å². The molecule has 0 saturated carbocycles. The van der Waals surface area contributed by atoms with Gasteiger partial charge in [0.15, 0.2) is 0 Å². The van der Waals surface area contributed by atoms with Gasteiger partial charge in [0.2, 0.25) is 0 Å². The third kappa shape index (κ3) is 7.12. The summed E-state index contributed by atoms with van der Waals surface area (Å²) in [4.78, 5) is 15.0. The molecule has 0 aromatic heterocycles. The van der Waals surface area contributed by atoms with E-state index in [4.69, 9.17) is 23.2 Å². The lowest BCUT2D eigenvalue weighted by Gasteiger charge is -2.33. The molecule has 2 saturated heterocycles. The molecule has 6 nitrogen and oxygen atoms in total. The van der Waals surface area contributed by atoms with Gasteiger partial charge in [0, 0.05) is 60.1 Å². The first-order valence-electron chi connectivity index (χ1n) is 12.1. The van der Waals surface area contributed by atoms with E-state index in [1.807, 2.05) is 36.4 Å². The first-order valence-corrected chi connectivity index (χ1v) is 12.8. The van der Waals surface area contributed by atoms with Crippen LogP contribution in [0.25, 0.3) is 0 Å².